The molecular weight excluding hydrogens is 426 g/mol. The zero-order valence-electron chi connectivity index (χ0n) is 17.9. The van der Waals surface area contributed by atoms with Crippen molar-refractivity contribution < 1.29 is 4.79 Å². The Hall–Kier alpha value is -4.98. The van der Waals surface area contributed by atoms with E-state index in [1.54, 1.807) is 30.7 Å². The summed E-state index contributed by atoms with van der Waals surface area (Å²) in [4.78, 5) is 16.6. The second-order valence-electron chi connectivity index (χ2n) is 7.82. The third kappa shape index (κ3) is 3.63. The lowest BCUT2D eigenvalue weighted by Gasteiger charge is -2.08. The molecule has 0 fully saturated rings. The molecule has 0 aliphatic heterocycles. The summed E-state index contributed by atoms with van der Waals surface area (Å²) in [5.74, 6) is 0.524. The number of aromatic amines is 1. The average molecular weight is 445 g/mol. The largest absolute Gasteiger partial charge is 0.338 e. The Kier molecular flexibility index (Phi) is 4.73. The molecule has 6 aromatic rings. The molecule has 1 amide bonds. The number of carbonyl (C=O) groups excluding carboxylic acids is 1. The summed E-state index contributed by atoms with van der Waals surface area (Å²) in [6.45, 7) is 0. The van der Waals surface area contributed by atoms with Gasteiger partial charge in [0.15, 0.2) is 5.82 Å². The number of nitrogens with one attached hydrogen (secondary N) is 3. The van der Waals surface area contributed by atoms with E-state index in [1.807, 2.05) is 71.4 Å². The normalized spacial score (nSPS) is 11.1. The van der Waals surface area contributed by atoms with Gasteiger partial charge in [-0.1, -0.05) is 18.2 Å². The van der Waals surface area contributed by atoms with E-state index in [0.29, 0.717) is 11.3 Å². The lowest BCUT2D eigenvalue weighted by molar-refractivity contribution is 0.102. The Morgan fingerprint density at radius 3 is 2.74 bits per heavy atom. The third-order valence-corrected chi connectivity index (χ3v) is 5.56. The number of benzene rings is 3. The molecule has 0 unspecified atom stereocenters. The first kappa shape index (κ1) is 19.7. The monoisotopic (exact) mass is 445 g/mol. The maximum atomic E-state index is 12.6. The van der Waals surface area contributed by atoms with Crippen LogP contribution in [0.2, 0.25) is 0 Å². The Balaban J connectivity index is 1.35. The second-order valence-corrected chi connectivity index (χ2v) is 7.82. The number of fused-ring (bicyclic) bond motifs is 2. The van der Waals surface area contributed by atoms with Gasteiger partial charge in [0.2, 0.25) is 0 Å². The number of H-pyrrole nitrogens is 1. The molecule has 8 heteroatoms. The van der Waals surface area contributed by atoms with Crippen LogP contribution in [0.1, 0.15) is 10.4 Å². The van der Waals surface area contributed by atoms with Crippen molar-refractivity contribution in [3.63, 3.8) is 0 Å². The minimum absolute atomic E-state index is 0.215. The summed E-state index contributed by atoms with van der Waals surface area (Å²) >= 11 is 0. The van der Waals surface area contributed by atoms with Crippen molar-refractivity contribution in [2.45, 2.75) is 0 Å². The maximum absolute atomic E-state index is 12.6. The topological polar surface area (TPSA) is 101 Å². The molecular formula is C26H19N7O. The van der Waals surface area contributed by atoms with Crippen LogP contribution < -0.4 is 10.6 Å². The van der Waals surface area contributed by atoms with Gasteiger partial charge in [-0.05, 0) is 60.7 Å². The SMILES string of the molecule is O=C(Nc1cccc(-n2nc(Nc3ccc4[nH]ncc4c3)c3ccccc32)c1)c1cccnc1. The van der Waals surface area contributed by atoms with Crippen LogP contribution in [0.15, 0.2) is 97.5 Å². The van der Waals surface area contributed by atoms with E-state index in [9.17, 15) is 4.79 Å². The fourth-order valence-corrected chi connectivity index (χ4v) is 3.93. The first-order chi connectivity index (χ1) is 16.7. The minimum atomic E-state index is -0.215. The predicted molar refractivity (Wildman–Crippen MR) is 133 cm³/mol. The van der Waals surface area contributed by atoms with E-state index < -0.39 is 0 Å². The van der Waals surface area contributed by atoms with Gasteiger partial charge in [-0.3, -0.25) is 14.9 Å². The van der Waals surface area contributed by atoms with Gasteiger partial charge < -0.3 is 10.6 Å². The molecule has 0 aliphatic carbocycles. The summed E-state index contributed by atoms with van der Waals surface area (Å²) < 4.78 is 1.87. The molecule has 3 N–H and O–H groups in total. The van der Waals surface area contributed by atoms with Crippen molar-refractivity contribution in [3.8, 4) is 5.69 Å². The molecule has 6 rings (SSSR count). The van der Waals surface area contributed by atoms with Crippen molar-refractivity contribution in [1.29, 1.82) is 0 Å². The number of hydrogen-bond donors (Lipinski definition) is 3. The smallest absolute Gasteiger partial charge is 0.257 e. The fraction of sp³-hybridized carbons (Fsp3) is 0. The van der Waals surface area contributed by atoms with Crippen LogP contribution in [0, 0.1) is 0 Å². The number of hydrogen-bond acceptors (Lipinski definition) is 5. The molecule has 8 nitrogen and oxygen atoms in total. The van der Waals surface area contributed by atoms with Crippen LogP contribution in [0.3, 0.4) is 0 Å². The second kappa shape index (κ2) is 8.18. The molecule has 0 bridgehead atoms. The van der Waals surface area contributed by atoms with E-state index in [4.69, 9.17) is 5.10 Å². The molecule has 0 saturated carbocycles. The first-order valence-corrected chi connectivity index (χ1v) is 10.7. The van der Waals surface area contributed by atoms with Crippen LogP contribution in [0.5, 0.6) is 0 Å². The highest BCUT2D eigenvalue weighted by Crippen LogP contribution is 2.29. The van der Waals surface area contributed by atoms with Gasteiger partial charge in [0.1, 0.15) is 0 Å². The molecule has 0 aliphatic rings. The van der Waals surface area contributed by atoms with Crippen LogP contribution in [0.4, 0.5) is 17.2 Å². The molecule has 0 saturated heterocycles. The summed E-state index contributed by atoms with van der Waals surface area (Å²) in [6.07, 6.45) is 4.97. The Morgan fingerprint density at radius 1 is 0.882 bits per heavy atom. The van der Waals surface area contributed by atoms with E-state index in [0.717, 1.165) is 39.0 Å². The summed E-state index contributed by atoms with van der Waals surface area (Å²) in [6, 6.07) is 25.1. The van der Waals surface area contributed by atoms with Gasteiger partial charge in [0, 0.05) is 34.5 Å². The summed E-state index contributed by atoms with van der Waals surface area (Å²) in [5.41, 5.74) is 4.85. The number of carbonyl (C=O) groups is 1. The first-order valence-electron chi connectivity index (χ1n) is 10.7. The van der Waals surface area contributed by atoms with E-state index >= 15 is 0 Å². The Bertz CT molecular complexity index is 1640. The fourth-order valence-electron chi connectivity index (χ4n) is 3.93. The number of rotatable bonds is 5. The van der Waals surface area contributed by atoms with Crippen LogP contribution in [-0.4, -0.2) is 30.9 Å². The van der Waals surface area contributed by atoms with E-state index in [1.165, 1.54) is 0 Å². The lowest BCUT2D eigenvalue weighted by atomic mass is 10.2. The number of pyridine rings is 1. The average Bonchev–Trinajstić information content (AvgIpc) is 3.49. The number of aromatic nitrogens is 5. The number of amides is 1. The third-order valence-electron chi connectivity index (χ3n) is 5.56. The predicted octanol–water partition coefficient (Wildman–Crippen LogP) is 5.29. The van der Waals surface area contributed by atoms with Crippen molar-refractivity contribution in [2.24, 2.45) is 0 Å². The molecule has 3 aromatic heterocycles. The lowest BCUT2D eigenvalue weighted by Crippen LogP contribution is -2.12. The minimum Gasteiger partial charge on any atom is -0.338 e. The maximum Gasteiger partial charge on any atom is 0.257 e. The van der Waals surface area contributed by atoms with Gasteiger partial charge >= 0.3 is 0 Å². The van der Waals surface area contributed by atoms with Gasteiger partial charge in [0.05, 0.1) is 28.5 Å². The summed E-state index contributed by atoms with van der Waals surface area (Å²) in [7, 11) is 0. The zero-order valence-corrected chi connectivity index (χ0v) is 17.9. The molecule has 3 aromatic carbocycles. The molecule has 0 spiro atoms. The van der Waals surface area contributed by atoms with Crippen molar-refractivity contribution in [1.82, 2.24) is 25.0 Å². The zero-order chi connectivity index (χ0) is 22.9. The quantitative estimate of drug-likeness (QED) is 0.335. The Labute approximate surface area is 194 Å². The van der Waals surface area contributed by atoms with Gasteiger partial charge in [-0.15, -0.1) is 5.10 Å². The van der Waals surface area contributed by atoms with Gasteiger partial charge in [-0.2, -0.15) is 5.10 Å². The van der Waals surface area contributed by atoms with Gasteiger partial charge in [-0.25, -0.2) is 4.68 Å². The Morgan fingerprint density at radius 2 is 1.82 bits per heavy atom. The molecule has 0 atom stereocenters. The number of anilines is 3. The van der Waals surface area contributed by atoms with E-state index in [2.05, 4.69) is 25.8 Å². The molecule has 0 radical (unpaired) electrons. The highest BCUT2D eigenvalue weighted by molar-refractivity contribution is 6.04. The van der Waals surface area contributed by atoms with Crippen molar-refractivity contribution >= 4 is 44.9 Å². The standard InChI is InChI=1S/C26H19N7O/c34-26(17-5-4-12-27-15-17)30-19-6-3-7-21(14-19)33-24-9-2-1-8-22(24)25(32-33)29-20-10-11-23-18(13-20)16-28-31-23/h1-16H,(H,28,31)(H,29,32)(H,30,34). The van der Waals surface area contributed by atoms with Crippen LogP contribution >= 0.6 is 0 Å². The highest BCUT2D eigenvalue weighted by atomic mass is 16.1. The van der Waals surface area contributed by atoms with Gasteiger partial charge in [0.25, 0.3) is 5.91 Å². The molecule has 34 heavy (non-hydrogen) atoms. The number of nitrogens with zero attached hydrogens (tertiary/aromatic N) is 4. The highest BCUT2D eigenvalue weighted by Gasteiger charge is 2.13. The van der Waals surface area contributed by atoms with Crippen molar-refractivity contribution in [2.75, 3.05) is 10.6 Å². The van der Waals surface area contributed by atoms with Crippen LogP contribution in [-0.2, 0) is 0 Å². The van der Waals surface area contributed by atoms with Crippen LogP contribution in [0.25, 0.3) is 27.5 Å². The van der Waals surface area contributed by atoms with Crippen molar-refractivity contribution in [3.05, 3.63) is 103 Å². The number of para-hydroxylation sites is 1. The molecule has 164 valence electrons. The molecule has 3 heterocycles. The summed E-state index contributed by atoms with van der Waals surface area (Å²) in [5, 5.41) is 20.3. The van der Waals surface area contributed by atoms with E-state index in [-0.39, 0.29) is 5.91 Å².